The van der Waals surface area contributed by atoms with Gasteiger partial charge in [0.25, 0.3) is 0 Å². The van der Waals surface area contributed by atoms with Crippen molar-refractivity contribution in [2.24, 2.45) is 5.92 Å². The fourth-order valence-corrected chi connectivity index (χ4v) is 1.91. The van der Waals surface area contributed by atoms with Crippen LogP contribution in [0.2, 0.25) is 0 Å². The Labute approximate surface area is 115 Å². The molecule has 0 saturated carbocycles. The highest BCUT2D eigenvalue weighted by atomic mass is 16.5. The first-order valence-corrected chi connectivity index (χ1v) is 7.79. The second-order valence-corrected chi connectivity index (χ2v) is 6.41. The van der Waals surface area contributed by atoms with E-state index < -0.39 is 0 Å². The summed E-state index contributed by atoms with van der Waals surface area (Å²) in [5, 5.41) is 3.53. The summed E-state index contributed by atoms with van der Waals surface area (Å²) in [6, 6.07) is 0. The van der Waals surface area contributed by atoms with E-state index in [4.69, 9.17) is 4.74 Å². The molecule has 2 unspecified atom stereocenters. The summed E-state index contributed by atoms with van der Waals surface area (Å²) in [6.07, 6.45) is 6.63. The molecule has 0 fully saturated rings. The summed E-state index contributed by atoms with van der Waals surface area (Å²) in [7, 11) is 0. The first-order valence-electron chi connectivity index (χ1n) is 7.79. The van der Waals surface area contributed by atoms with Gasteiger partial charge in [0.1, 0.15) is 0 Å². The van der Waals surface area contributed by atoms with Gasteiger partial charge in [-0.1, -0.05) is 40.0 Å². The Hall–Kier alpha value is -0.0800. The Morgan fingerprint density at radius 2 is 1.72 bits per heavy atom. The lowest BCUT2D eigenvalue weighted by atomic mass is 10.0. The summed E-state index contributed by atoms with van der Waals surface area (Å²) in [6.45, 7) is 15.3. The molecule has 2 atom stereocenters. The molecule has 0 bridgehead atoms. The zero-order valence-electron chi connectivity index (χ0n) is 13.5. The molecule has 0 aliphatic carbocycles. The highest BCUT2D eigenvalue weighted by Crippen LogP contribution is 2.14. The molecule has 2 nitrogen and oxygen atoms in total. The smallest absolute Gasteiger partial charge is 0.0697 e. The maximum Gasteiger partial charge on any atom is 0.0697 e. The van der Waals surface area contributed by atoms with Gasteiger partial charge < -0.3 is 10.1 Å². The van der Waals surface area contributed by atoms with Crippen LogP contribution in [0, 0.1) is 5.92 Å². The van der Waals surface area contributed by atoms with Gasteiger partial charge in [0, 0.05) is 18.7 Å². The summed E-state index contributed by atoms with van der Waals surface area (Å²) in [5.41, 5.74) is 0.184. The van der Waals surface area contributed by atoms with E-state index in [1.807, 2.05) is 0 Å². The number of hydrogen-bond acceptors (Lipinski definition) is 2. The maximum atomic E-state index is 6.07. The maximum absolute atomic E-state index is 6.07. The van der Waals surface area contributed by atoms with Crippen molar-refractivity contribution < 1.29 is 4.74 Å². The van der Waals surface area contributed by atoms with E-state index in [2.05, 4.69) is 46.9 Å². The fraction of sp³-hybridized carbons (Fsp3) is 1.00. The van der Waals surface area contributed by atoms with Crippen LogP contribution in [-0.4, -0.2) is 24.8 Å². The zero-order valence-corrected chi connectivity index (χ0v) is 13.5. The third-order valence-electron chi connectivity index (χ3n) is 3.43. The molecule has 1 N–H and O–H groups in total. The molecule has 0 rings (SSSR count). The van der Waals surface area contributed by atoms with E-state index >= 15 is 0 Å². The summed E-state index contributed by atoms with van der Waals surface area (Å²) in [4.78, 5) is 0. The van der Waals surface area contributed by atoms with Crippen LogP contribution >= 0.6 is 0 Å². The standard InChI is InChI=1S/C16H35NO/c1-7-10-11-14(8-2)13-18-15(9-3)12-17-16(4,5)6/h14-15,17H,7-13H2,1-6H3. The van der Waals surface area contributed by atoms with Gasteiger partial charge in [-0.15, -0.1) is 0 Å². The van der Waals surface area contributed by atoms with E-state index in [1.165, 1.54) is 25.7 Å². The largest absolute Gasteiger partial charge is 0.377 e. The van der Waals surface area contributed by atoms with Crippen LogP contribution in [0.5, 0.6) is 0 Å². The lowest BCUT2D eigenvalue weighted by molar-refractivity contribution is 0.0209. The monoisotopic (exact) mass is 257 g/mol. The summed E-state index contributed by atoms with van der Waals surface area (Å²) >= 11 is 0. The first kappa shape index (κ1) is 17.9. The van der Waals surface area contributed by atoms with Crippen LogP contribution in [0.3, 0.4) is 0 Å². The highest BCUT2D eigenvalue weighted by molar-refractivity contribution is 4.73. The molecule has 0 aromatic carbocycles. The highest BCUT2D eigenvalue weighted by Gasteiger charge is 2.15. The summed E-state index contributed by atoms with van der Waals surface area (Å²) < 4.78 is 6.07. The van der Waals surface area contributed by atoms with Crippen molar-refractivity contribution in [3.63, 3.8) is 0 Å². The van der Waals surface area contributed by atoms with E-state index in [0.29, 0.717) is 6.10 Å². The van der Waals surface area contributed by atoms with Crippen molar-refractivity contribution >= 4 is 0 Å². The van der Waals surface area contributed by atoms with Gasteiger partial charge in [0.15, 0.2) is 0 Å². The van der Waals surface area contributed by atoms with Crippen LogP contribution in [0.4, 0.5) is 0 Å². The Morgan fingerprint density at radius 1 is 1.06 bits per heavy atom. The number of unbranched alkanes of at least 4 members (excludes halogenated alkanes) is 1. The molecule has 0 aliphatic rings. The molecule has 0 aromatic rings. The number of rotatable bonds is 10. The minimum Gasteiger partial charge on any atom is -0.377 e. The molecular weight excluding hydrogens is 222 g/mol. The van der Waals surface area contributed by atoms with Crippen molar-refractivity contribution in [1.82, 2.24) is 5.32 Å². The topological polar surface area (TPSA) is 21.3 Å². The van der Waals surface area contributed by atoms with Crippen LogP contribution < -0.4 is 5.32 Å². The molecule has 0 radical (unpaired) electrons. The van der Waals surface area contributed by atoms with Crippen LogP contribution in [-0.2, 0) is 4.74 Å². The first-order chi connectivity index (χ1) is 8.42. The SMILES string of the molecule is CCCCC(CC)COC(CC)CNC(C)(C)C. The van der Waals surface area contributed by atoms with E-state index in [0.717, 1.165) is 25.5 Å². The zero-order chi connectivity index (χ0) is 14.0. The van der Waals surface area contributed by atoms with Crippen LogP contribution in [0.25, 0.3) is 0 Å². The van der Waals surface area contributed by atoms with Crippen molar-refractivity contribution in [2.75, 3.05) is 13.2 Å². The molecule has 18 heavy (non-hydrogen) atoms. The molecule has 110 valence electrons. The van der Waals surface area contributed by atoms with E-state index in [9.17, 15) is 0 Å². The third-order valence-corrected chi connectivity index (χ3v) is 3.43. The van der Waals surface area contributed by atoms with Gasteiger partial charge in [-0.25, -0.2) is 0 Å². The lowest BCUT2D eigenvalue weighted by Crippen LogP contribution is -2.41. The quantitative estimate of drug-likeness (QED) is 0.627. The molecule has 0 aromatic heterocycles. The van der Waals surface area contributed by atoms with Crippen molar-refractivity contribution in [2.45, 2.75) is 85.3 Å². The predicted octanol–water partition coefficient (Wildman–Crippen LogP) is 4.39. The number of nitrogens with one attached hydrogen (secondary N) is 1. The molecule has 0 heterocycles. The third kappa shape index (κ3) is 9.90. The minimum absolute atomic E-state index is 0.184. The second-order valence-electron chi connectivity index (χ2n) is 6.41. The van der Waals surface area contributed by atoms with Gasteiger partial charge >= 0.3 is 0 Å². The summed E-state index contributed by atoms with van der Waals surface area (Å²) in [5.74, 6) is 0.744. The van der Waals surface area contributed by atoms with Crippen LogP contribution in [0.15, 0.2) is 0 Å². The molecule has 2 heteroatoms. The predicted molar refractivity (Wildman–Crippen MR) is 81.1 cm³/mol. The van der Waals surface area contributed by atoms with E-state index in [-0.39, 0.29) is 5.54 Å². The molecule has 0 saturated heterocycles. The Bertz CT molecular complexity index is 186. The number of hydrogen-bond donors (Lipinski definition) is 1. The fourth-order valence-electron chi connectivity index (χ4n) is 1.91. The van der Waals surface area contributed by atoms with Gasteiger partial charge in [0.2, 0.25) is 0 Å². The molecular formula is C16H35NO. The van der Waals surface area contributed by atoms with Crippen LogP contribution in [0.1, 0.15) is 73.6 Å². The lowest BCUT2D eigenvalue weighted by Gasteiger charge is -2.26. The minimum atomic E-state index is 0.184. The Balaban J connectivity index is 3.89. The van der Waals surface area contributed by atoms with Crippen molar-refractivity contribution in [3.05, 3.63) is 0 Å². The Kier molecular flexibility index (Phi) is 9.76. The van der Waals surface area contributed by atoms with Crippen molar-refractivity contribution in [1.29, 1.82) is 0 Å². The Morgan fingerprint density at radius 3 is 2.17 bits per heavy atom. The van der Waals surface area contributed by atoms with Gasteiger partial charge in [-0.3, -0.25) is 0 Å². The van der Waals surface area contributed by atoms with Gasteiger partial charge in [-0.05, 0) is 39.5 Å². The molecule has 0 aliphatic heterocycles. The van der Waals surface area contributed by atoms with E-state index in [1.54, 1.807) is 0 Å². The second kappa shape index (κ2) is 9.80. The normalized spacial score (nSPS) is 15.7. The van der Waals surface area contributed by atoms with Crippen molar-refractivity contribution in [3.8, 4) is 0 Å². The molecule has 0 spiro atoms. The van der Waals surface area contributed by atoms with Gasteiger partial charge in [-0.2, -0.15) is 0 Å². The average Bonchev–Trinajstić information content (AvgIpc) is 2.31. The van der Waals surface area contributed by atoms with Gasteiger partial charge in [0.05, 0.1) is 6.10 Å². The average molecular weight is 257 g/mol. The number of ether oxygens (including phenoxy) is 1. The molecule has 0 amide bonds.